The number of anilines is 1. The van der Waals surface area contributed by atoms with Crippen LogP contribution in [0.25, 0.3) is 0 Å². The molecule has 7 nitrogen and oxygen atoms in total. The molecular formula is C8H7N5O2. The number of hydrogen-bond donors (Lipinski definition) is 2. The molecule has 0 saturated carbocycles. The lowest BCUT2D eigenvalue weighted by Crippen LogP contribution is -2.13. The lowest BCUT2D eigenvalue weighted by Gasteiger charge is -2.01. The van der Waals surface area contributed by atoms with Crippen molar-refractivity contribution >= 4 is 11.8 Å². The van der Waals surface area contributed by atoms with Crippen LogP contribution in [0.4, 0.5) is 5.82 Å². The summed E-state index contributed by atoms with van der Waals surface area (Å²) in [6.45, 7) is 0. The fourth-order valence-corrected chi connectivity index (χ4v) is 0.956. The van der Waals surface area contributed by atoms with E-state index in [9.17, 15) is 4.79 Å². The summed E-state index contributed by atoms with van der Waals surface area (Å²) in [4.78, 5) is 19.0. The Morgan fingerprint density at radius 1 is 1.40 bits per heavy atom. The zero-order chi connectivity index (χ0) is 10.7. The number of nitrogens with one attached hydrogen (secondary N) is 1. The minimum Gasteiger partial charge on any atom is -0.418 e. The zero-order valence-electron chi connectivity index (χ0n) is 7.54. The van der Waals surface area contributed by atoms with E-state index in [4.69, 9.17) is 10.5 Å². The molecule has 0 aromatic carbocycles. The molecule has 0 aliphatic heterocycles. The van der Waals surface area contributed by atoms with Crippen LogP contribution in [0.15, 0.2) is 24.8 Å². The Balaban J connectivity index is 2.19. The molecular weight excluding hydrogens is 198 g/mol. The van der Waals surface area contributed by atoms with Crippen molar-refractivity contribution in [1.29, 1.82) is 0 Å². The van der Waals surface area contributed by atoms with Crippen molar-refractivity contribution in [2.24, 2.45) is 0 Å². The van der Waals surface area contributed by atoms with Crippen LogP contribution in [0, 0.1) is 0 Å². The molecule has 0 aliphatic carbocycles. The molecule has 15 heavy (non-hydrogen) atoms. The second-order valence-corrected chi connectivity index (χ2v) is 2.61. The predicted molar refractivity (Wildman–Crippen MR) is 50.0 cm³/mol. The first-order valence-electron chi connectivity index (χ1n) is 4.05. The molecule has 0 spiro atoms. The van der Waals surface area contributed by atoms with Gasteiger partial charge in [-0.15, -0.1) is 0 Å². The van der Waals surface area contributed by atoms with Gasteiger partial charge >= 0.3 is 5.97 Å². The number of hydrogen-bond acceptors (Lipinski definition) is 6. The molecule has 0 fully saturated rings. The molecule has 2 rings (SSSR count). The van der Waals surface area contributed by atoms with Crippen LogP contribution in [-0.2, 0) is 0 Å². The van der Waals surface area contributed by atoms with Crippen LogP contribution >= 0.6 is 0 Å². The number of nitrogens with two attached hydrogens (primary N) is 1. The number of rotatable bonds is 2. The number of esters is 1. The van der Waals surface area contributed by atoms with Gasteiger partial charge < -0.3 is 10.5 Å². The summed E-state index contributed by atoms with van der Waals surface area (Å²) < 4.78 is 4.91. The quantitative estimate of drug-likeness (QED) is 0.668. The number of carbonyl (C=O) groups excluding carboxylic acids is 1. The number of aromatic amines is 1. The smallest absolute Gasteiger partial charge is 0.366 e. The summed E-state index contributed by atoms with van der Waals surface area (Å²) in [6, 6.07) is 0. The summed E-state index contributed by atoms with van der Waals surface area (Å²) in [6.07, 6.45) is 5.56. The van der Waals surface area contributed by atoms with Gasteiger partial charge in [0.25, 0.3) is 0 Å². The Morgan fingerprint density at radius 3 is 2.87 bits per heavy atom. The highest BCUT2D eigenvalue weighted by Gasteiger charge is 2.14. The fourth-order valence-electron chi connectivity index (χ4n) is 0.956. The third-order valence-corrected chi connectivity index (χ3v) is 1.60. The van der Waals surface area contributed by atoms with Gasteiger partial charge in [0.15, 0.2) is 17.3 Å². The summed E-state index contributed by atoms with van der Waals surface area (Å²) in [5.41, 5.74) is 5.44. The van der Waals surface area contributed by atoms with Crippen LogP contribution in [0.3, 0.4) is 0 Å². The molecule has 0 bridgehead atoms. The average molecular weight is 205 g/mol. The SMILES string of the molecule is Nc1nccnc1C(=O)Oc1cn[nH]c1. The number of ether oxygens (including phenoxy) is 1. The van der Waals surface area contributed by atoms with Gasteiger partial charge in [0, 0.05) is 12.4 Å². The highest BCUT2D eigenvalue weighted by Crippen LogP contribution is 2.10. The number of aromatic nitrogens is 4. The van der Waals surface area contributed by atoms with Crippen molar-refractivity contribution in [3.63, 3.8) is 0 Å². The van der Waals surface area contributed by atoms with Gasteiger partial charge in [-0.3, -0.25) is 5.10 Å². The zero-order valence-corrected chi connectivity index (χ0v) is 7.54. The van der Waals surface area contributed by atoms with Crippen molar-refractivity contribution < 1.29 is 9.53 Å². The van der Waals surface area contributed by atoms with Gasteiger partial charge in [0.2, 0.25) is 0 Å². The first kappa shape index (κ1) is 9.13. The van der Waals surface area contributed by atoms with Crippen LogP contribution < -0.4 is 10.5 Å². The van der Waals surface area contributed by atoms with Crippen molar-refractivity contribution in [2.75, 3.05) is 5.73 Å². The Kier molecular flexibility index (Phi) is 2.28. The molecule has 0 radical (unpaired) electrons. The lowest BCUT2D eigenvalue weighted by atomic mass is 10.4. The van der Waals surface area contributed by atoms with Gasteiger partial charge in [-0.05, 0) is 0 Å². The number of nitrogen functional groups attached to an aromatic ring is 1. The summed E-state index contributed by atoms with van der Waals surface area (Å²) in [5.74, 6) is -0.335. The van der Waals surface area contributed by atoms with Gasteiger partial charge in [0.1, 0.15) is 0 Å². The number of carbonyl (C=O) groups is 1. The van der Waals surface area contributed by atoms with Crippen LogP contribution in [0.5, 0.6) is 5.75 Å². The standard InChI is InChI=1S/C8H7N5O2/c9-7-6(10-1-2-11-7)8(14)15-5-3-12-13-4-5/h1-4H,(H2,9,11)(H,12,13). The number of nitrogens with zero attached hydrogens (tertiary/aromatic N) is 3. The monoisotopic (exact) mass is 205 g/mol. The Hall–Kier alpha value is -2.44. The third kappa shape index (κ3) is 1.90. The van der Waals surface area contributed by atoms with Crippen molar-refractivity contribution in [1.82, 2.24) is 20.2 Å². The molecule has 0 saturated heterocycles. The highest BCUT2D eigenvalue weighted by molar-refractivity contribution is 5.93. The highest BCUT2D eigenvalue weighted by atomic mass is 16.5. The summed E-state index contributed by atoms with van der Waals surface area (Å²) in [5, 5.41) is 6.13. The topological polar surface area (TPSA) is 107 Å². The van der Waals surface area contributed by atoms with Crippen LogP contribution in [-0.4, -0.2) is 26.1 Å². The van der Waals surface area contributed by atoms with Crippen LogP contribution in [0.1, 0.15) is 10.5 Å². The van der Waals surface area contributed by atoms with E-state index in [1.165, 1.54) is 24.8 Å². The van der Waals surface area contributed by atoms with E-state index in [1.807, 2.05) is 0 Å². The van der Waals surface area contributed by atoms with E-state index in [0.29, 0.717) is 5.75 Å². The van der Waals surface area contributed by atoms with E-state index in [0.717, 1.165) is 0 Å². The largest absolute Gasteiger partial charge is 0.418 e. The second-order valence-electron chi connectivity index (χ2n) is 2.61. The van der Waals surface area contributed by atoms with Gasteiger partial charge in [-0.1, -0.05) is 0 Å². The molecule has 0 unspecified atom stereocenters. The van der Waals surface area contributed by atoms with E-state index in [1.54, 1.807) is 0 Å². The maximum atomic E-state index is 11.5. The second kappa shape index (κ2) is 3.74. The Morgan fingerprint density at radius 2 is 2.20 bits per heavy atom. The molecule has 2 heterocycles. The van der Waals surface area contributed by atoms with Gasteiger partial charge in [-0.25, -0.2) is 14.8 Å². The number of H-pyrrole nitrogens is 1. The molecule has 2 aromatic rings. The predicted octanol–water partition coefficient (Wildman–Crippen LogP) is 0.00110. The van der Waals surface area contributed by atoms with Crippen molar-refractivity contribution in [2.45, 2.75) is 0 Å². The average Bonchev–Trinajstić information content (AvgIpc) is 2.71. The Bertz CT molecular complexity index is 468. The molecule has 0 aliphatic rings. The molecule has 3 N–H and O–H groups in total. The first-order chi connectivity index (χ1) is 7.27. The van der Waals surface area contributed by atoms with Gasteiger partial charge in [0.05, 0.1) is 12.4 Å². The van der Waals surface area contributed by atoms with E-state index in [-0.39, 0.29) is 11.5 Å². The van der Waals surface area contributed by atoms with Crippen molar-refractivity contribution in [3.8, 4) is 5.75 Å². The van der Waals surface area contributed by atoms with Gasteiger partial charge in [-0.2, -0.15) is 5.10 Å². The maximum absolute atomic E-state index is 11.5. The molecule has 76 valence electrons. The Labute approximate surface area is 84.3 Å². The summed E-state index contributed by atoms with van der Waals surface area (Å²) in [7, 11) is 0. The molecule has 0 atom stereocenters. The summed E-state index contributed by atoms with van der Waals surface area (Å²) >= 11 is 0. The van der Waals surface area contributed by atoms with E-state index >= 15 is 0 Å². The minimum absolute atomic E-state index is 0.0151. The maximum Gasteiger partial charge on any atom is 0.366 e. The first-order valence-corrected chi connectivity index (χ1v) is 4.05. The normalized spacial score (nSPS) is 9.87. The lowest BCUT2D eigenvalue weighted by molar-refractivity contribution is 0.0729. The third-order valence-electron chi connectivity index (χ3n) is 1.60. The van der Waals surface area contributed by atoms with Crippen LogP contribution in [0.2, 0.25) is 0 Å². The minimum atomic E-state index is -0.665. The molecule has 0 amide bonds. The fraction of sp³-hybridized carbons (Fsp3) is 0. The molecule has 7 heteroatoms. The van der Waals surface area contributed by atoms with Crippen molar-refractivity contribution in [3.05, 3.63) is 30.5 Å². The van der Waals surface area contributed by atoms with E-state index < -0.39 is 5.97 Å². The molecule has 2 aromatic heterocycles. The van der Waals surface area contributed by atoms with E-state index in [2.05, 4.69) is 20.2 Å².